The summed E-state index contributed by atoms with van der Waals surface area (Å²) in [6, 6.07) is 6.33. The normalized spacial score (nSPS) is 13.9. The number of alkyl halides is 1. The summed E-state index contributed by atoms with van der Waals surface area (Å²) in [7, 11) is 1.51. The summed E-state index contributed by atoms with van der Waals surface area (Å²) in [6.45, 7) is 1.40. The number of rotatable bonds is 3. The van der Waals surface area contributed by atoms with Gasteiger partial charge in [-0.1, -0.05) is 24.3 Å². The molecular weight excluding hydrogens is 227 g/mol. The highest BCUT2D eigenvalue weighted by molar-refractivity contribution is 8.13. The average molecular weight is 237 g/mol. The quantitative estimate of drug-likeness (QED) is 0.757. The predicted octanol–water partition coefficient (Wildman–Crippen LogP) is 2.79. The zero-order chi connectivity index (χ0) is 10.8. The lowest BCUT2D eigenvalue weighted by Gasteiger charge is -2.04. The summed E-state index contributed by atoms with van der Waals surface area (Å²) >= 11 is 0. The molecule has 1 aromatic rings. The molecule has 0 N–H and O–H groups in total. The molecule has 78 valence electrons. The number of halogens is 2. The standard InChI is InChI=1S/C9H10ClFO2S/c1-7(11)9-4-2-3-8(5-9)6-14(10,12)13/h2-5,7H,6H2,1H3. The van der Waals surface area contributed by atoms with E-state index in [1.165, 1.54) is 13.0 Å². The Morgan fingerprint density at radius 3 is 2.64 bits per heavy atom. The second-order valence-electron chi connectivity index (χ2n) is 3.04. The van der Waals surface area contributed by atoms with Crippen LogP contribution in [0.15, 0.2) is 24.3 Å². The molecule has 2 nitrogen and oxygen atoms in total. The number of hydrogen-bond donors (Lipinski definition) is 0. The Morgan fingerprint density at radius 1 is 1.50 bits per heavy atom. The van der Waals surface area contributed by atoms with Gasteiger partial charge in [0.25, 0.3) is 0 Å². The highest BCUT2D eigenvalue weighted by Gasteiger charge is 2.09. The van der Waals surface area contributed by atoms with Crippen LogP contribution in [0.2, 0.25) is 0 Å². The van der Waals surface area contributed by atoms with Crippen molar-refractivity contribution in [3.05, 3.63) is 35.4 Å². The van der Waals surface area contributed by atoms with E-state index in [-0.39, 0.29) is 5.75 Å². The van der Waals surface area contributed by atoms with Crippen molar-refractivity contribution < 1.29 is 12.8 Å². The SMILES string of the molecule is CC(F)c1cccc(CS(=O)(=O)Cl)c1. The van der Waals surface area contributed by atoms with Crippen molar-refractivity contribution in [1.29, 1.82) is 0 Å². The van der Waals surface area contributed by atoms with Crippen LogP contribution in [0.3, 0.4) is 0 Å². The van der Waals surface area contributed by atoms with E-state index in [4.69, 9.17) is 10.7 Å². The molecule has 14 heavy (non-hydrogen) atoms. The van der Waals surface area contributed by atoms with Crippen molar-refractivity contribution in [1.82, 2.24) is 0 Å². The Morgan fingerprint density at radius 2 is 2.14 bits per heavy atom. The summed E-state index contributed by atoms with van der Waals surface area (Å²) in [6.07, 6.45) is -1.10. The molecule has 0 spiro atoms. The Hall–Kier alpha value is -0.610. The molecule has 1 atom stereocenters. The van der Waals surface area contributed by atoms with Crippen LogP contribution in [0.1, 0.15) is 24.2 Å². The third kappa shape index (κ3) is 3.64. The van der Waals surface area contributed by atoms with Gasteiger partial charge in [-0.2, -0.15) is 0 Å². The van der Waals surface area contributed by atoms with Crippen molar-refractivity contribution >= 4 is 19.7 Å². The van der Waals surface area contributed by atoms with E-state index in [1.54, 1.807) is 18.2 Å². The molecule has 0 radical (unpaired) electrons. The Labute approximate surface area is 87.1 Å². The van der Waals surface area contributed by atoms with Crippen LogP contribution in [0.5, 0.6) is 0 Å². The highest BCUT2D eigenvalue weighted by atomic mass is 35.7. The van der Waals surface area contributed by atoms with Crippen molar-refractivity contribution in [2.24, 2.45) is 0 Å². The van der Waals surface area contributed by atoms with Gasteiger partial charge in [0.1, 0.15) is 6.17 Å². The van der Waals surface area contributed by atoms with Crippen LogP contribution in [-0.2, 0) is 14.8 Å². The molecule has 0 saturated heterocycles. The van der Waals surface area contributed by atoms with Gasteiger partial charge in [-0.05, 0) is 18.1 Å². The highest BCUT2D eigenvalue weighted by Crippen LogP contribution is 2.19. The van der Waals surface area contributed by atoms with Gasteiger partial charge < -0.3 is 0 Å². The van der Waals surface area contributed by atoms with Crippen LogP contribution >= 0.6 is 10.7 Å². The minimum atomic E-state index is -3.57. The van der Waals surface area contributed by atoms with E-state index in [9.17, 15) is 12.8 Å². The van der Waals surface area contributed by atoms with E-state index in [2.05, 4.69) is 0 Å². The molecule has 0 saturated carbocycles. The van der Waals surface area contributed by atoms with E-state index < -0.39 is 15.2 Å². The zero-order valence-corrected chi connectivity index (χ0v) is 9.15. The van der Waals surface area contributed by atoms with Gasteiger partial charge in [-0.3, -0.25) is 0 Å². The molecule has 0 aliphatic heterocycles. The molecule has 1 rings (SSSR count). The maximum atomic E-state index is 12.9. The van der Waals surface area contributed by atoms with Crippen LogP contribution in [0.25, 0.3) is 0 Å². The van der Waals surface area contributed by atoms with Crippen LogP contribution in [0, 0.1) is 0 Å². The topological polar surface area (TPSA) is 34.1 Å². The summed E-state index contributed by atoms with van der Waals surface area (Å²) in [4.78, 5) is 0. The third-order valence-corrected chi connectivity index (χ3v) is 2.75. The fourth-order valence-electron chi connectivity index (χ4n) is 1.13. The van der Waals surface area contributed by atoms with Gasteiger partial charge in [-0.15, -0.1) is 0 Å². The van der Waals surface area contributed by atoms with E-state index >= 15 is 0 Å². The number of benzene rings is 1. The first kappa shape index (κ1) is 11.5. The lowest BCUT2D eigenvalue weighted by atomic mass is 10.1. The van der Waals surface area contributed by atoms with Gasteiger partial charge >= 0.3 is 0 Å². The molecule has 0 heterocycles. The summed E-state index contributed by atoms with van der Waals surface area (Å²) in [5.74, 6) is -0.269. The first-order valence-corrected chi connectivity index (χ1v) is 6.51. The van der Waals surface area contributed by atoms with E-state index in [0.29, 0.717) is 11.1 Å². The minimum Gasteiger partial charge on any atom is -0.243 e. The van der Waals surface area contributed by atoms with Crippen LogP contribution in [-0.4, -0.2) is 8.42 Å². The monoisotopic (exact) mass is 236 g/mol. The van der Waals surface area contributed by atoms with Gasteiger partial charge in [0, 0.05) is 10.7 Å². The molecule has 0 bridgehead atoms. The van der Waals surface area contributed by atoms with E-state index in [1.807, 2.05) is 0 Å². The predicted molar refractivity (Wildman–Crippen MR) is 54.4 cm³/mol. The van der Waals surface area contributed by atoms with Gasteiger partial charge in [-0.25, -0.2) is 12.8 Å². The smallest absolute Gasteiger partial charge is 0.236 e. The Kier molecular flexibility index (Phi) is 3.50. The maximum Gasteiger partial charge on any atom is 0.236 e. The molecular formula is C9H10ClFO2S. The van der Waals surface area contributed by atoms with Crippen LogP contribution < -0.4 is 0 Å². The molecule has 0 aliphatic carbocycles. The fraction of sp³-hybridized carbons (Fsp3) is 0.333. The molecule has 0 aromatic heterocycles. The van der Waals surface area contributed by atoms with Gasteiger partial charge in [0.05, 0.1) is 5.75 Å². The van der Waals surface area contributed by atoms with Crippen molar-refractivity contribution in [2.45, 2.75) is 18.8 Å². The lowest BCUT2D eigenvalue weighted by molar-refractivity contribution is 0.374. The average Bonchev–Trinajstić information content (AvgIpc) is 2.01. The second kappa shape index (κ2) is 4.28. The van der Waals surface area contributed by atoms with Gasteiger partial charge in [0.15, 0.2) is 0 Å². The Bertz CT molecular complexity index is 415. The first-order chi connectivity index (χ1) is 6.38. The van der Waals surface area contributed by atoms with E-state index in [0.717, 1.165) is 0 Å². The molecule has 5 heteroatoms. The molecule has 0 fully saturated rings. The molecule has 1 aromatic carbocycles. The van der Waals surface area contributed by atoms with Crippen molar-refractivity contribution in [3.8, 4) is 0 Å². The maximum absolute atomic E-state index is 12.9. The summed E-state index contributed by atoms with van der Waals surface area (Å²) < 4.78 is 34.4. The van der Waals surface area contributed by atoms with Crippen LogP contribution in [0.4, 0.5) is 4.39 Å². The summed E-state index contributed by atoms with van der Waals surface area (Å²) in [5, 5.41) is 0. The van der Waals surface area contributed by atoms with Crippen molar-refractivity contribution in [3.63, 3.8) is 0 Å². The third-order valence-electron chi connectivity index (χ3n) is 1.75. The lowest BCUT2D eigenvalue weighted by Crippen LogP contribution is -1.96. The second-order valence-corrected chi connectivity index (χ2v) is 5.82. The zero-order valence-electron chi connectivity index (χ0n) is 7.57. The molecule has 0 aliphatic rings. The summed E-state index contributed by atoms with van der Waals surface area (Å²) in [5.41, 5.74) is 0.963. The molecule has 1 unspecified atom stereocenters. The van der Waals surface area contributed by atoms with Gasteiger partial charge in [0.2, 0.25) is 9.05 Å². The number of hydrogen-bond acceptors (Lipinski definition) is 2. The Balaban J connectivity index is 2.95. The first-order valence-electron chi connectivity index (χ1n) is 4.04. The fourth-order valence-corrected chi connectivity index (χ4v) is 2.09. The molecule has 0 amide bonds. The minimum absolute atomic E-state index is 0.269. The van der Waals surface area contributed by atoms with Crippen molar-refractivity contribution in [2.75, 3.05) is 0 Å². The largest absolute Gasteiger partial charge is 0.243 e.